The van der Waals surface area contributed by atoms with Crippen LogP contribution in [-0.4, -0.2) is 15.5 Å². The van der Waals surface area contributed by atoms with Gasteiger partial charge < -0.3 is 9.88 Å². The van der Waals surface area contributed by atoms with Crippen molar-refractivity contribution < 1.29 is 4.79 Å². The number of hydrogen-bond donors (Lipinski definition) is 1. The number of anilines is 1. The van der Waals surface area contributed by atoms with Gasteiger partial charge in [0.15, 0.2) is 5.13 Å². The molecular formula is C19H21N3OS. The molecule has 4 nitrogen and oxygen atoms in total. The van der Waals surface area contributed by atoms with E-state index < -0.39 is 0 Å². The Labute approximate surface area is 146 Å². The minimum Gasteiger partial charge on any atom is -0.348 e. The molecule has 3 aromatic rings. The quantitative estimate of drug-likeness (QED) is 0.747. The maximum Gasteiger partial charge on any atom is 0.223 e. The second-order valence-electron chi connectivity index (χ2n) is 5.89. The molecule has 0 fully saturated rings. The van der Waals surface area contributed by atoms with Crippen molar-refractivity contribution in [1.82, 2.24) is 9.55 Å². The van der Waals surface area contributed by atoms with Gasteiger partial charge in [-0.1, -0.05) is 30.3 Å². The second kappa shape index (κ2) is 7.01. The van der Waals surface area contributed by atoms with Gasteiger partial charge in [0.2, 0.25) is 5.91 Å². The number of aryl methyl sites for hydroxylation is 2. The van der Waals surface area contributed by atoms with Gasteiger partial charge in [-0.05, 0) is 31.9 Å². The number of thiazole rings is 1. The highest BCUT2D eigenvalue weighted by molar-refractivity contribution is 7.14. The number of benzene rings is 1. The summed E-state index contributed by atoms with van der Waals surface area (Å²) in [5.41, 5.74) is 5.83. The molecule has 0 atom stereocenters. The fraction of sp³-hybridized carbons (Fsp3) is 0.263. The molecule has 0 bridgehead atoms. The van der Waals surface area contributed by atoms with Crippen molar-refractivity contribution in [3.05, 3.63) is 58.7 Å². The van der Waals surface area contributed by atoms with Crippen molar-refractivity contribution in [1.29, 1.82) is 0 Å². The fourth-order valence-corrected chi connectivity index (χ4v) is 3.65. The lowest BCUT2D eigenvalue weighted by atomic mass is 10.1. The van der Waals surface area contributed by atoms with Crippen LogP contribution < -0.4 is 5.32 Å². The van der Waals surface area contributed by atoms with Crippen LogP contribution in [0, 0.1) is 13.8 Å². The van der Waals surface area contributed by atoms with Crippen LogP contribution in [0.1, 0.15) is 23.9 Å². The molecule has 0 saturated carbocycles. The van der Waals surface area contributed by atoms with Gasteiger partial charge >= 0.3 is 0 Å². The van der Waals surface area contributed by atoms with Gasteiger partial charge in [0.25, 0.3) is 0 Å². The summed E-state index contributed by atoms with van der Waals surface area (Å²) in [5, 5.41) is 5.38. The lowest BCUT2D eigenvalue weighted by Gasteiger charge is -2.09. The average Bonchev–Trinajstić information content (AvgIpc) is 3.11. The van der Waals surface area contributed by atoms with Gasteiger partial charge in [0.1, 0.15) is 0 Å². The Morgan fingerprint density at radius 2 is 2.00 bits per heavy atom. The fourth-order valence-electron chi connectivity index (χ4n) is 2.90. The third-order valence-corrected chi connectivity index (χ3v) is 4.86. The Morgan fingerprint density at radius 3 is 2.71 bits per heavy atom. The average molecular weight is 339 g/mol. The molecule has 0 radical (unpaired) electrons. The van der Waals surface area contributed by atoms with E-state index in [4.69, 9.17) is 0 Å². The summed E-state index contributed by atoms with van der Waals surface area (Å²) in [7, 11) is 0. The molecule has 124 valence electrons. The Balaban J connectivity index is 1.81. The third-order valence-electron chi connectivity index (χ3n) is 4.10. The molecule has 1 N–H and O–H groups in total. The zero-order chi connectivity index (χ0) is 17.1. The van der Waals surface area contributed by atoms with E-state index in [9.17, 15) is 4.79 Å². The molecule has 5 heteroatoms. The van der Waals surface area contributed by atoms with Crippen LogP contribution in [0.25, 0.3) is 11.3 Å². The largest absolute Gasteiger partial charge is 0.348 e. The highest BCUT2D eigenvalue weighted by Crippen LogP contribution is 2.30. The predicted molar refractivity (Wildman–Crippen MR) is 99.5 cm³/mol. The van der Waals surface area contributed by atoms with Crippen LogP contribution in [0.3, 0.4) is 0 Å². The van der Waals surface area contributed by atoms with Crippen LogP contribution >= 0.6 is 11.3 Å². The van der Waals surface area contributed by atoms with Crippen molar-refractivity contribution >= 4 is 22.4 Å². The molecule has 0 spiro atoms. The van der Waals surface area contributed by atoms with Crippen LogP contribution in [-0.2, 0) is 17.8 Å². The summed E-state index contributed by atoms with van der Waals surface area (Å²) in [4.78, 5) is 15.7. The molecule has 1 aromatic carbocycles. The van der Waals surface area contributed by atoms with E-state index in [0.29, 0.717) is 5.13 Å². The zero-order valence-corrected chi connectivity index (χ0v) is 15.0. The summed E-state index contributed by atoms with van der Waals surface area (Å²) >= 11 is 1.45. The van der Waals surface area contributed by atoms with Crippen LogP contribution in [0.2, 0.25) is 0 Å². The Morgan fingerprint density at radius 1 is 1.25 bits per heavy atom. The smallest absolute Gasteiger partial charge is 0.223 e. The number of nitrogens with zero attached hydrogens (tertiary/aromatic N) is 2. The number of amides is 1. The minimum absolute atomic E-state index is 0.0933. The van der Waals surface area contributed by atoms with Crippen LogP contribution in [0.15, 0.2) is 41.8 Å². The van der Waals surface area contributed by atoms with E-state index >= 15 is 0 Å². The molecule has 2 heterocycles. The van der Waals surface area contributed by atoms with Gasteiger partial charge in [-0.3, -0.25) is 4.79 Å². The lowest BCUT2D eigenvalue weighted by molar-refractivity contribution is -0.114. The monoisotopic (exact) mass is 339 g/mol. The molecule has 24 heavy (non-hydrogen) atoms. The Bertz CT molecular complexity index is 849. The number of nitrogens with one attached hydrogen (secondary N) is 1. The van der Waals surface area contributed by atoms with E-state index in [1.165, 1.54) is 35.2 Å². The predicted octanol–water partition coefficient (Wildman–Crippen LogP) is 4.43. The van der Waals surface area contributed by atoms with Gasteiger partial charge in [-0.2, -0.15) is 0 Å². The maximum absolute atomic E-state index is 11.2. The molecule has 0 aliphatic rings. The molecule has 0 aliphatic carbocycles. The molecular weight excluding hydrogens is 318 g/mol. The van der Waals surface area contributed by atoms with Crippen molar-refractivity contribution in [2.45, 2.75) is 33.7 Å². The second-order valence-corrected chi connectivity index (χ2v) is 6.75. The highest BCUT2D eigenvalue weighted by atomic mass is 32.1. The zero-order valence-electron chi connectivity index (χ0n) is 14.2. The summed E-state index contributed by atoms with van der Waals surface area (Å²) in [6, 6.07) is 12.7. The first-order valence-corrected chi connectivity index (χ1v) is 8.86. The summed E-state index contributed by atoms with van der Waals surface area (Å²) in [6.07, 6.45) is 1.00. The molecule has 2 aromatic heterocycles. The van der Waals surface area contributed by atoms with Crippen molar-refractivity contribution in [2.24, 2.45) is 0 Å². The molecule has 1 amide bonds. The van der Waals surface area contributed by atoms with Crippen molar-refractivity contribution in [3.63, 3.8) is 0 Å². The van der Waals surface area contributed by atoms with Crippen molar-refractivity contribution in [3.8, 4) is 11.3 Å². The summed E-state index contributed by atoms with van der Waals surface area (Å²) < 4.78 is 2.33. The Hall–Kier alpha value is -2.40. The summed E-state index contributed by atoms with van der Waals surface area (Å²) in [6.45, 7) is 6.70. The van der Waals surface area contributed by atoms with Crippen LogP contribution in [0.5, 0.6) is 0 Å². The van der Waals surface area contributed by atoms with Gasteiger partial charge in [-0.25, -0.2) is 4.98 Å². The first-order chi connectivity index (χ1) is 11.5. The molecule has 0 unspecified atom stereocenters. The van der Waals surface area contributed by atoms with Crippen molar-refractivity contribution in [2.75, 3.05) is 5.32 Å². The number of rotatable bonds is 5. The standard InChI is InChI=1S/C19H21N3OS/c1-13-11-17(18-12-24-19(21-18)20-15(3)23)14(2)22(13)10-9-16-7-5-4-6-8-16/h4-8,11-12H,9-10H2,1-3H3,(H,20,21,23). The van der Waals surface area contributed by atoms with Gasteiger partial charge in [0.05, 0.1) is 5.69 Å². The Kier molecular flexibility index (Phi) is 4.81. The minimum atomic E-state index is -0.0933. The molecule has 0 saturated heterocycles. The maximum atomic E-state index is 11.2. The van der Waals surface area contributed by atoms with E-state index in [2.05, 4.69) is 59.0 Å². The highest BCUT2D eigenvalue weighted by Gasteiger charge is 2.14. The number of hydrogen-bond acceptors (Lipinski definition) is 3. The van der Waals surface area contributed by atoms with Gasteiger partial charge in [0, 0.05) is 35.8 Å². The molecule has 0 aliphatic heterocycles. The SMILES string of the molecule is CC(=O)Nc1nc(-c2cc(C)n(CCc3ccccc3)c2C)cs1. The van der Waals surface area contributed by atoms with Gasteiger partial charge in [-0.15, -0.1) is 11.3 Å². The summed E-state index contributed by atoms with van der Waals surface area (Å²) in [5.74, 6) is -0.0933. The van der Waals surface area contributed by atoms with E-state index in [1.54, 1.807) is 0 Å². The molecule has 3 rings (SSSR count). The number of carbonyl (C=O) groups excluding carboxylic acids is 1. The number of carbonyl (C=O) groups is 1. The normalized spacial score (nSPS) is 10.8. The number of aromatic nitrogens is 2. The third kappa shape index (κ3) is 3.57. The lowest BCUT2D eigenvalue weighted by Crippen LogP contribution is -2.05. The van der Waals surface area contributed by atoms with E-state index in [0.717, 1.165) is 24.2 Å². The topological polar surface area (TPSA) is 46.9 Å². The van der Waals surface area contributed by atoms with Crippen LogP contribution in [0.4, 0.5) is 5.13 Å². The first-order valence-electron chi connectivity index (χ1n) is 7.98. The first kappa shape index (κ1) is 16.5. The van der Waals surface area contributed by atoms with E-state index in [1.807, 2.05) is 11.4 Å². The van der Waals surface area contributed by atoms with E-state index in [-0.39, 0.29) is 5.91 Å².